The molecule has 7 heteroatoms. The lowest BCUT2D eigenvalue weighted by atomic mass is 10.1. The molecule has 0 fully saturated rings. The van der Waals surface area contributed by atoms with E-state index in [1.165, 1.54) is 18.2 Å². The average Bonchev–Trinajstić information content (AvgIpc) is 2.95. The van der Waals surface area contributed by atoms with E-state index in [1.807, 2.05) is 13.0 Å². The second kappa shape index (κ2) is 7.54. The Morgan fingerprint density at radius 1 is 1.30 bits per heavy atom. The van der Waals surface area contributed by atoms with Crippen molar-refractivity contribution in [2.45, 2.75) is 33.3 Å². The number of imidazole rings is 1. The number of hydrogen-bond acceptors (Lipinski definition) is 4. The Morgan fingerprint density at radius 2 is 2.00 bits per heavy atom. The minimum Gasteiger partial charge on any atom is -0.485 e. The summed E-state index contributed by atoms with van der Waals surface area (Å²) < 4.78 is 34.9. The number of halogens is 2. The predicted molar refractivity (Wildman–Crippen MR) is 94.5 cm³/mol. The number of fused-ring (bicyclic) bond motifs is 1. The van der Waals surface area contributed by atoms with Crippen LogP contribution in [-0.4, -0.2) is 15.2 Å². The van der Waals surface area contributed by atoms with Gasteiger partial charge in [-0.1, -0.05) is 6.07 Å². The zero-order valence-electron chi connectivity index (χ0n) is 14.9. The molecule has 5 nitrogen and oxygen atoms in total. The Morgan fingerprint density at radius 3 is 2.67 bits per heavy atom. The highest BCUT2D eigenvalue weighted by molar-refractivity contribution is 5.96. The largest absolute Gasteiger partial charge is 0.485 e. The van der Waals surface area contributed by atoms with Crippen LogP contribution in [0.2, 0.25) is 0 Å². The normalized spacial score (nSPS) is 10.8. The number of nitrogens with zero attached hydrogens (tertiary/aromatic N) is 3. The van der Waals surface area contributed by atoms with E-state index < -0.39 is 11.6 Å². The standard InChI is InChI=1S/C20H17F2N3O2/c1-12-9-18(27-11-14-15(21)5-3-6-16(14)22)20-24-13(2)19(25(20)10-12)17(26)7-4-8-23/h3,5-6,9-10H,4,7,11H2,1-2H3. The van der Waals surface area contributed by atoms with Gasteiger partial charge in [-0.25, -0.2) is 13.8 Å². The maximum absolute atomic E-state index is 13.8. The SMILES string of the molecule is Cc1cc(OCc2c(F)cccc2F)c2nc(C)c(C(=O)CCC#N)n2c1. The molecule has 0 N–H and O–H groups in total. The van der Waals surface area contributed by atoms with Crippen molar-refractivity contribution in [2.75, 3.05) is 0 Å². The van der Waals surface area contributed by atoms with Crippen molar-refractivity contribution in [1.82, 2.24) is 9.38 Å². The zero-order chi connectivity index (χ0) is 19.6. The third-order valence-corrected chi connectivity index (χ3v) is 4.16. The van der Waals surface area contributed by atoms with Crippen molar-refractivity contribution >= 4 is 11.4 Å². The van der Waals surface area contributed by atoms with E-state index in [0.717, 1.165) is 5.56 Å². The predicted octanol–water partition coefficient (Wildman–Crippen LogP) is 4.29. The summed E-state index contributed by atoms with van der Waals surface area (Å²) in [6.07, 6.45) is 1.95. The van der Waals surface area contributed by atoms with Gasteiger partial charge in [0.2, 0.25) is 0 Å². The molecule has 0 aliphatic carbocycles. The molecule has 0 aliphatic heterocycles. The summed E-state index contributed by atoms with van der Waals surface area (Å²) in [7, 11) is 0. The fraction of sp³-hybridized carbons (Fsp3) is 0.250. The highest BCUT2D eigenvalue weighted by Crippen LogP contribution is 2.26. The van der Waals surface area contributed by atoms with Gasteiger partial charge >= 0.3 is 0 Å². The van der Waals surface area contributed by atoms with E-state index >= 15 is 0 Å². The molecular weight excluding hydrogens is 352 g/mol. The summed E-state index contributed by atoms with van der Waals surface area (Å²) in [6, 6.07) is 7.27. The van der Waals surface area contributed by atoms with Crippen LogP contribution >= 0.6 is 0 Å². The molecule has 0 atom stereocenters. The number of Topliss-reactive ketones (excluding diaryl/α,β-unsaturated/α-hetero) is 1. The van der Waals surface area contributed by atoms with Crippen LogP contribution in [0.15, 0.2) is 30.5 Å². The van der Waals surface area contributed by atoms with Crippen molar-refractivity contribution in [3.8, 4) is 11.8 Å². The molecule has 2 heterocycles. The molecule has 0 saturated heterocycles. The molecule has 2 aromatic heterocycles. The molecule has 27 heavy (non-hydrogen) atoms. The molecule has 138 valence electrons. The summed E-state index contributed by atoms with van der Waals surface area (Å²) in [4.78, 5) is 16.8. The van der Waals surface area contributed by atoms with Gasteiger partial charge in [0.1, 0.15) is 23.9 Å². The molecular formula is C20H17F2N3O2. The molecule has 0 unspecified atom stereocenters. The van der Waals surface area contributed by atoms with Crippen LogP contribution in [-0.2, 0) is 6.61 Å². The van der Waals surface area contributed by atoms with Crippen LogP contribution in [0.4, 0.5) is 8.78 Å². The Balaban J connectivity index is 1.99. The topological polar surface area (TPSA) is 67.4 Å². The van der Waals surface area contributed by atoms with Crippen molar-refractivity contribution < 1.29 is 18.3 Å². The molecule has 0 amide bonds. The average molecular weight is 369 g/mol. The smallest absolute Gasteiger partial charge is 0.182 e. The fourth-order valence-electron chi connectivity index (χ4n) is 2.91. The van der Waals surface area contributed by atoms with Crippen LogP contribution in [0, 0.1) is 36.8 Å². The van der Waals surface area contributed by atoms with E-state index in [4.69, 9.17) is 10.00 Å². The third kappa shape index (κ3) is 3.65. The minimum atomic E-state index is -0.689. The number of benzene rings is 1. The number of aromatic nitrogens is 2. The number of pyridine rings is 1. The number of ketones is 1. The fourth-order valence-corrected chi connectivity index (χ4v) is 2.91. The van der Waals surface area contributed by atoms with Gasteiger partial charge in [-0.2, -0.15) is 5.26 Å². The molecule has 1 aromatic carbocycles. The zero-order valence-corrected chi connectivity index (χ0v) is 14.9. The van der Waals surface area contributed by atoms with Gasteiger partial charge in [0.25, 0.3) is 0 Å². The van der Waals surface area contributed by atoms with Gasteiger partial charge in [-0.3, -0.25) is 9.20 Å². The molecule has 3 aromatic rings. The first-order valence-electron chi connectivity index (χ1n) is 8.37. The lowest BCUT2D eigenvalue weighted by molar-refractivity contribution is 0.0978. The van der Waals surface area contributed by atoms with E-state index in [0.29, 0.717) is 22.8 Å². The first kappa shape index (κ1) is 18.5. The van der Waals surface area contributed by atoms with Crippen molar-refractivity contribution in [3.05, 3.63) is 64.6 Å². The first-order valence-corrected chi connectivity index (χ1v) is 8.37. The molecule has 3 rings (SSSR count). The first-order chi connectivity index (χ1) is 12.9. The van der Waals surface area contributed by atoms with Crippen LogP contribution in [0.3, 0.4) is 0 Å². The van der Waals surface area contributed by atoms with Crippen LogP contribution in [0.5, 0.6) is 5.75 Å². The van der Waals surface area contributed by atoms with Crippen LogP contribution in [0.1, 0.15) is 40.2 Å². The maximum Gasteiger partial charge on any atom is 0.182 e. The Labute approximate surface area is 154 Å². The summed E-state index contributed by atoms with van der Waals surface area (Å²) in [5.74, 6) is -1.26. The molecule has 0 saturated carbocycles. The number of ether oxygens (including phenoxy) is 1. The maximum atomic E-state index is 13.8. The number of carbonyl (C=O) groups excluding carboxylic acids is 1. The lowest BCUT2D eigenvalue weighted by Gasteiger charge is -2.11. The third-order valence-electron chi connectivity index (χ3n) is 4.16. The monoisotopic (exact) mass is 369 g/mol. The number of nitriles is 1. The van der Waals surface area contributed by atoms with Gasteiger partial charge in [0.15, 0.2) is 17.2 Å². The second-order valence-corrected chi connectivity index (χ2v) is 6.19. The Bertz CT molecular complexity index is 1050. The summed E-state index contributed by atoms with van der Waals surface area (Å²) in [5, 5.41) is 8.70. The Hall–Kier alpha value is -3.27. The highest BCUT2D eigenvalue weighted by Gasteiger charge is 2.20. The number of aryl methyl sites for hydroxylation is 2. The van der Waals surface area contributed by atoms with Gasteiger partial charge in [-0.15, -0.1) is 0 Å². The number of hydrogen-bond donors (Lipinski definition) is 0. The molecule has 0 aliphatic rings. The number of rotatable bonds is 6. The van der Waals surface area contributed by atoms with Crippen LogP contribution in [0.25, 0.3) is 5.65 Å². The lowest BCUT2D eigenvalue weighted by Crippen LogP contribution is -2.07. The van der Waals surface area contributed by atoms with Gasteiger partial charge in [-0.05, 0) is 37.6 Å². The second-order valence-electron chi connectivity index (χ2n) is 6.19. The van der Waals surface area contributed by atoms with Crippen molar-refractivity contribution in [3.63, 3.8) is 0 Å². The molecule has 0 bridgehead atoms. The summed E-state index contributed by atoms with van der Waals surface area (Å²) in [5.41, 5.74) is 1.88. The molecule has 0 spiro atoms. The number of carbonyl (C=O) groups is 1. The van der Waals surface area contributed by atoms with E-state index in [9.17, 15) is 13.6 Å². The van der Waals surface area contributed by atoms with Gasteiger partial charge in [0, 0.05) is 19.0 Å². The van der Waals surface area contributed by atoms with Crippen molar-refractivity contribution in [1.29, 1.82) is 5.26 Å². The molecule has 0 radical (unpaired) electrons. The van der Waals surface area contributed by atoms with Crippen molar-refractivity contribution in [2.24, 2.45) is 0 Å². The summed E-state index contributed by atoms with van der Waals surface area (Å²) in [6.45, 7) is 3.21. The highest BCUT2D eigenvalue weighted by atomic mass is 19.1. The Kier molecular flexibility index (Phi) is 5.17. The van der Waals surface area contributed by atoms with E-state index in [2.05, 4.69) is 4.98 Å². The van der Waals surface area contributed by atoms with E-state index in [-0.39, 0.29) is 30.8 Å². The quantitative estimate of drug-likeness (QED) is 0.608. The van der Waals surface area contributed by atoms with Gasteiger partial charge in [0.05, 0.1) is 17.3 Å². The summed E-state index contributed by atoms with van der Waals surface area (Å²) >= 11 is 0. The van der Waals surface area contributed by atoms with E-state index in [1.54, 1.807) is 23.6 Å². The van der Waals surface area contributed by atoms with Crippen LogP contribution < -0.4 is 4.74 Å². The van der Waals surface area contributed by atoms with Gasteiger partial charge < -0.3 is 4.74 Å². The minimum absolute atomic E-state index is 0.0930.